The highest BCUT2D eigenvalue weighted by Crippen LogP contribution is 1.96. The molecule has 0 aromatic heterocycles. The average molecular weight is 181 g/mol. The van der Waals surface area contributed by atoms with Crippen molar-refractivity contribution < 1.29 is 0 Å². The Morgan fingerprint density at radius 1 is 1.08 bits per heavy atom. The first-order valence-electron chi connectivity index (χ1n) is 5.35. The molecule has 0 heterocycles. The Morgan fingerprint density at radius 2 is 1.69 bits per heavy atom. The number of hydrogen-bond donors (Lipinski definition) is 0. The molecule has 1 nitrogen and oxygen atoms in total. The second-order valence-electron chi connectivity index (χ2n) is 3.29. The zero-order valence-corrected chi connectivity index (χ0v) is 9.13. The SMILES string of the molecule is C=CC=CCCN(CCC)CCC. The normalized spacial score (nSPS) is 11.3. The van der Waals surface area contributed by atoms with E-state index >= 15 is 0 Å². The molecule has 13 heavy (non-hydrogen) atoms. The van der Waals surface area contributed by atoms with Crippen LogP contribution in [0.3, 0.4) is 0 Å². The van der Waals surface area contributed by atoms with Crippen molar-refractivity contribution >= 4 is 0 Å². The molecule has 0 saturated heterocycles. The minimum atomic E-state index is 1.14. The van der Waals surface area contributed by atoms with Gasteiger partial charge in [0.25, 0.3) is 0 Å². The Kier molecular flexibility index (Phi) is 9.12. The van der Waals surface area contributed by atoms with Crippen LogP contribution in [0.4, 0.5) is 0 Å². The van der Waals surface area contributed by atoms with Crippen LogP contribution in [0.1, 0.15) is 33.1 Å². The minimum Gasteiger partial charge on any atom is -0.303 e. The van der Waals surface area contributed by atoms with Crippen LogP contribution in [0.5, 0.6) is 0 Å². The van der Waals surface area contributed by atoms with Crippen LogP contribution in [-0.4, -0.2) is 24.5 Å². The lowest BCUT2D eigenvalue weighted by Gasteiger charge is -2.19. The fraction of sp³-hybridized carbons (Fsp3) is 0.667. The fourth-order valence-electron chi connectivity index (χ4n) is 1.42. The maximum atomic E-state index is 3.65. The molecule has 0 rings (SSSR count). The molecule has 0 radical (unpaired) electrons. The lowest BCUT2D eigenvalue weighted by Crippen LogP contribution is -2.26. The molecule has 0 aliphatic heterocycles. The number of hydrogen-bond acceptors (Lipinski definition) is 1. The Hall–Kier alpha value is -0.560. The molecule has 0 aromatic rings. The molecular weight excluding hydrogens is 158 g/mol. The Bertz CT molecular complexity index is 132. The third-order valence-electron chi connectivity index (χ3n) is 1.96. The molecule has 0 unspecified atom stereocenters. The molecule has 0 fully saturated rings. The van der Waals surface area contributed by atoms with Crippen LogP contribution in [0.25, 0.3) is 0 Å². The first kappa shape index (κ1) is 12.4. The monoisotopic (exact) mass is 181 g/mol. The van der Waals surface area contributed by atoms with Gasteiger partial charge in [-0.2, -0.15) is 0 Å². The van der Waals surface area contributed by atoms with Crippen LogP contribution < -0.4 is 0 Å². The van der Waals surface area contributed by atoms with E-state index in [9.17, 15) is 0 Å². The quantitative estimate of drug-likeness (QED) is 0.520. The van der Waals surface area contributed by atoms with Gasteiger partial charge in [-0.1, -0.05) is 38.7 Å². The zero-order chi connectivity index (χ0) is 9.94. The van der Waals surface area contributed by atoms with E-state index in [2.05, 4.69) is 31.4 Å². The molecule has 1 heteroatoms. The van der Waals surface area contributed by atoms with Crippen LogP contribution in [-0.2, 0) is 0 Å². The van der Waals surface area contributed by atoms with E-state index in [1.165, 1.54) is 32.5 Å². The molecule has 0 N–H and O–H groups in total. The molecule has 0 bridgehead atoms. The lowest BCUT2D eigenvalue weighted by molar-refractivity contribution is 0.280. The first-order valence-corrected chi connectivity index (χ1v) is 5.35. The second-order valence-corrected chi connectivity index (χ2v) is 3.29. The Labute approximate surface area is 83.1 Å². The second kappa shape index (κ2) is 9.53. The van der Waals surface area contributed by atoms with Crippen molar-refractivity contribution in [2.24, 2.45) is 0 Å². The summed E-state index contributed by atoms with van der Waals surface area (Å²) in [5, 5.41) is 0. The van der Waals surface area contributed by atoms with Gasteiger partial charge in [0.15, 0.2) is 0 Å². The van der Waals surface area contributed by atoms with Crippen molar-refractivity contribution in [1.82, 2.24) is 4.90 Å². The standard InChI is InChI=1S/C12H23N/c1-4-7-8-9-12-13(10-5-2)11-6-3/h4,7-8H,1,5-6,9-12H2,2-3H3. The van der Waals surface area contributed by atoms with Gasteiger partial charge in [-0.25, -0.2) is 0 Å². The van der Waals surface area contributed by atoms with Gasteiger partial charge < -0.3 is 4.90 Å². The van der Waals surface area contributed by atoms with E-state index in [0.29, 0.717) is 0 Å². The Balaban J connectivity index is 3.54. The van der Waals surface area contributed by atoms with E-state index in [-0.39, 0.29) is 0 Å². The van der Waals surface area contributed by atoms with E-state index in [1.54, 1.807) is 0 Å². The molecular formula is C12H23N. The van der Waals surface area contributed by atoms with Crippen molar-refractivity contribution in [3.05, 3.63) is 24.8 Å². The highest BCUT2D eigenvalue weighted by atomic mass is 15.1. The summed E-state index contributed by atoms with van der Waals surface area (Å²) >= 11 is 0. The topological polar surface area (TPSA) is 3.24 Å². The molecule has 0 aromatic carbocycles. The maximum Gasteiger partial charge on any atom is 0.00160 e. The van der Waals surface area contributed by atoms with Crippen molar-refractivity contribution in [2.45, 2.75) is 33.1 Å². The number of nitrogens with zero attached hydrogens (tertiary/aromatic N) is 1. The molecule has 0 aliphatic carbocycles. The summed E-state index contributed by atoms with van der Waals surface area (Å²) in [6.07, 6.45) is 9.70. The Morgan fingerprint density at radius 3 is 2.15 bits per heavy atom. The third kappa shape index (κ3) is 7.79. The van der Waals surface area contributed by atoms with Gasteiger partial charge in [-0.05, 0) is 32.4 Å². The van der Waals surface area contributed by atoms with E-state index in [4.69, 9.17) is 0 Å². The largest absolute Gasteiger partial charge is 0.303 e. The predicted molar refractivity (Wildman–Crippen MR) is 61.0 cm³/mol. The van der Waals surface area contributed by atoms with Crippen molar-refractivity contribution in [2.75, 3.05) is 19.6 Å². The predicted octanol–water partition coefficient (Wildman–Crippen LogP) is 3.24. The van der Waals surface area contributed by atoms with Gasteiger partial charge >= 0.3 is 0 Å². The molecule has 0 spiro atoms. The van der Waals surface area contributed by atoms with Gasteiger partial charge in [0.05, 0.1) is 0 Å². The summed E-state index contributed by atoms with van der Waals surface area (Å²) in [5.74, 6) is 0. The van der Waals surface area contributed by atoms with Gasteiger partial charge in [0.1, 0.15) is 0 Å². The van der Waals surface area contributed by atoms with E-state index < -0.39 is 0 Å². The van der Waals surface area contributed by atoms with Crippen molar-refractivity contribution in [1.29, 1.82) is 0 Å². The average Bonchev–Trinajstić information content (AvgIpc) is 2.13. The van der Waals surface area contributed by atoms with Gasteiger partial charge in [-0.15, -0.1) is 0 Å². The summed E-state index contributed by atoms with van der Waals surface area (Å²) < 4.78 is 0. The van der Waals surface area contributed by atoms with Crippen LogP contribution in [0.15, 0.2) is 24.8 Å². The zero-order valence-electron chi connectivity index (χ0n) is 9.13. The summed E-state index contributed by atoms with van der Waals surface area (Å²) in [7, 11) is 0. The summed E-state index contributed by atoms with van der Waals surface area (Å²) in [6.45, 7) is 11.8. The first-order chi connectivity index (χ1) is 6.35. The van der Waals surface area contributed by atoms with Crippen LogP contribution in [0.2, 0.25) is 0 Å². The van der Waals surface area contributed by atoms with Crippen molar-refractivity contribution in [3.8, 4) is 0 Å². The number of allylic oxidation sites excluding steroid dienone is 2. The molecule has 0 atom stereocenters. The van der Waals surface area contributed by atoms with Gasteiger partial charge in [0, 0.05) is 6.54 Å². The summed E-state index contributed by atoms with van der Waals surface area (Å²) in [6, 6.07) is 0. The molecule has 0 amide bonds. The van der Waals surface area contributed by atoms with Crippen molar-refractivity contribution in [3.63, 3.8) is 0 Å². The molecule has 0 aliphatic rings. The molecule has 0 saturated carbocycles. The van der Waals surface area contributed by atoms with Gasteiger partial charge in [-0.3, -0.25) is 0 Å². The highest BCUT2D eigenvalue weighted by molar-refractivity contribution is 4.97. The van der Waals surface area contributed by atoms with Gasteiger partial charge in [0.2, 0.25) is 0 Å². The molecule has 76 valence electrons. The van der Waals surface area contributed by atoms with Crippen LogP contribution >= 0.6 is 0 Å². The van der Waals surface area contributed by atoms with E-state index in [1.807, 2.05) is 12.2 Å². The van der Waals surface area contributed by atoms with E-state index in [0.717, 1.165) is 6.42 Å². The third-order valence-corrected chi connectivity index (χ3v) is 1.96. The fourth-order valence-corrected chi connectivity index (χ4v) is 1.42. The smallest absolute Gasteiger partial charge is 0.00160 e. The number of rotatable bonds is 8. The maximum absolute atomic E-state index is 3.65. The summed E-state index contributed by atoms with van der Waals surface area (Å²) in [4.78, 5) is 2.52. The van der Waals surface area contributed by atoms with Crippen LogP contribution in [0, 0.1) is 0 Å². The minimum absolute atomic E-state index is 1.14. The highest BCUT2D eigenvalue weighted by Gasteiger charge is 1.99. The summed E-state index contributed by atoms with van der Waals surface area (Å²) in [5.41, 5.74) is 0. The lowest BCUT2D eigenvalue weighted by atomic mass is 10.3.